The third-order valence-corrected chi connectivity index (χ3v) is 10.6. The van der Waals surface area contributed by atoms with Gasteiger partial charge in [-0.15, -0.1) is 0 Å². The molecule has 0 aromatic carbocycles. The van der Waals surface area contributed by atoms with Crippen molar-refractivity contribution in [3.8, 4) is 0 Å². The van der Waals surface area contributed by atoms with Crippen LogP contribution in [0, 0.1) is 46.3 Å². The third-order valence-electron chi connectivity index (χ3n) is 10.6. The number of nitrogens with two attached hydrogens (primary N) is 1. The van der Waals surface area contributed by atoms with Crippen LogP contribution in [0.15, 0.2) is 11.6 Å². The summed E-state index contributed by atoms with van der Waals surface area (Å²) in [5, 5.41) is 10.5. The van der Waals surface area contributed by atoms with E-state index >= 15 is 0 Å². The lowest BCUT2D eigenvalue weighted by Gasteiger charge is -2.59. The maximum absolute atomic E-state index is 11.7. The van der Waals surface area contributed by atoms with Crippen molar-refractivity contribution < 1.29 is 14.6 Å². The number of rotatable bonds is 6. The quantitative estimate of drug-likeness (QED) is 0.461. The van der Waals surface area contributed by atoms with Gasteiger partial charge in [-0.05, 0) is 79.4 Å². The molecule has 4 nitrogen and oxygen atoms in total. The van der Waals surface area contributed by atoms with Crippen LogP contribution in [-0.2, 0) is 4.74 Å². The van der Waals surface area contributed by atoms with E-state index < -0.39 is 12.2 Å². The molecule has 0 radical (unpaired) electrons. The summed E-state index contributed by atoms with van der Waals surface area (Å²) in [5.74, 6) is 4.38. The first-order valence-electron chi connectivity index (χ1n) is 13.4. The van der Waals surface area contributed by atoms with Crippen LogP contribution in [0.1, 0.15) is 98.8 Å². The van der Waals surface area contributed by atoms with Crippen LogP contribution < -0.4 is 5.73 Å². The van der Waals surface area contributed by atoms with Gasteiger partial charge in [0.05, 0.1) is 6.10 Å². The molecule has 182 valence electrons. The fraction of sp³-hybridized carbons (Fsp3) is 0.893. The monoisotopic (exact) mass is 445 g/mol. The van der Waals surface area contributed by atoms with Crippen molar-refractivity contribution in [2.24, 2.45) is 52.1 Å². The predicted molar refractivity (Wildman–Crippen MR) is 129 cm³/mol. The van der Waals surface area contributed by atoms with Gasteiger partial charge in [0, 0.05) is 11.8 Å². The molecule has 0 bridgehead atoms. The van der Waals surface area contributed by atoms with Crippen LogP contribution in [0.3, 0.4) is 0 Å². The second-order valence-corrected chi connectivity index (χ2v) is 12.7. The van der Waals surface area contributed by atoms with Crippen LogP contribution in [0.25, 0.3) is 0 Å². The summed E-state index contributed by atoms with van der Waals surface area (Å²) < 4.78 is 5.68. The number of fused-ring (bicyclic) bond motifs is 5. The number of primary amides is 1. The number of allylic oxidation sites excluding steroid dienone is 1. The zero-order valence-electron chi connectivity index (χ0n) is 21.1. The molecule has 1 unspecified atom stereocenters. The Morgan fingerprint density at radius 2 is 1.94 bits per heavy atom. The summed E-state index contributed by atoms with van der Waals surface area (Å²) in [6.07, 6.45) is 12.6. The second kappa shape index (κ2) is 8.96. The van der Waals surface area contributed by atoms with E-state index in [0.717, 1.165) is 36.5 Å². The molecule has 4 aliphatic carbocycles. The average molecular weight is 446 g/mol. The van der Waals surface area contributed by atoms with E-state index in [2.05, 4.69) is 40.7 Å². The molecule has 0 saturated heterocycles. The SMILES string of the molecule is CC(C)CCC[C@@H](C)[C@H]1CC[C@H]2[C@@H]3CC=C4C[C@@H](O)CC(OC(N)=O)[C@]4(C)[C@H]3CC[C@]12C. The predicted octanol–water partition coefficient (Wildman–Crippen LogP) is 6.46. The van der Waals surface area contributed by atoms with Crippen molar-refractivity contribution in [2.75, 3.05) is 0 Å². The Morgan fingerprint density at radius 1 is 1.19 bits per heavy atom. The van der Waals surface area contributed by atoms with E-state index in [4.69, 9.17) is 10.5 Å². The molecule has 9 atom stereocenters. The highest BCUT2D eigenvalue weighted by atomic mass is 16.6. The fourth-order valence-electron chi connectivity index (χ4n) is 9.01. The van der Waals surface area contributed by atoms with Crippen LogP contribution in [0.4, 0.5) is 4.79 Å². The Kier molecular flexibility index (Phi) is 6.75. The number of aliphatic hydroxyl groups is 1. The van der Waals surface area contributed by atoms with E-state index in [9.17, 15) is 9.90 Å². The Labute approximate surface area is 195 Å². The molecular weight excluding hydrogens is 398 g/mol. The number of amides is 1. The van der Waals surface area contributed by atoms with Crippen molar-refractivity contribution in [1.29, 1.82) is 0 Å². The van der Waals surface area contributed by atoms with Crippen molar-refractivity contribution in [3.05, 3.63) is 11.6 Å². The van der Waals surface area contributed by atoms with Gasteiger partial charge < -0.3 is 15.6 Å². The number of ether oxygens (including phenoxy) is 1. The van der Waals surface area contributed by atoms with Gasteiger partial charge in [-0.2, -0.15) is 0 Å². The molecule has 4 rings (SSSR count). The molecule has 0 aliphatic heterocycles. The molecule has 3 saturated carbocycles. The van der Waals surface area contributed by atoms with E-state index in [-0.39, 0.29) is 11.5 Å². The minimum absolute atomic E-state index is 0.181. The number of carbonyl (C=O) groups is 1. The van der Waals surface area contributed by atoms with Gasteiger partial charge in [0.1, 0.15) is 6.10 Å². The molecular formula is C28H47NO3. The zero-order valence-corrected chi connectivity index (χ0v) is 21.1. The molecule has 1 amide bonds. The molecule has 3 N–H and O–H groups in total. The summed E-state index contributed by atoms with van der Waals surface area (Å²) >= 11 is 0. The first-order chi connectivity index (χ1) is 15.1. The largest absolute Gasteiger partial charge is 0.445 e. The topological polar surface area (TPSA) is 72.6 Å². The molecule has 0 aromatic rings. The molecule has 0 aromatic heterocycles. The Bertz CT molecular complexity index is 732. The molecule has 32 heavy (non-hydrogen) atoms. The lowest BCUT2D eigenvalue weighted by molar-refractivity contribution is -0.109. The maximum Gasteiger partial charge on any atom is 0.404 e. The van der Waals surface area contributed by atoms with Gasteiger partial charge in [-0.3, -0.25) is 0 Å². The summed E-state index contributed by atoms with van der Waals surface area (Å²) in [4.78, 5) is 11.7. The highest BCUT2D eigenvalue weighted by molar-refractivity contribution is 5.65. The first-order valence-corrected chi connectivity index (χ1v) is 13.4. The number of carbonyl (C=O) groups excluding carboxylic acids is 1. The molecule has 3 fully saturated rings. The van der Waals surface area contributed by atoms with Crippen molar-refractivity contribution in [3.63, 3.8) is 0 Å². The average Bonchev–Trinajstić information content (AvgIpc) is 3.05. The smallest absolute Gasteiger partial charge is 0.404 e. The van der Waals surface area contributed by atoms with Crippen molar-refractivity contribution in [1.82, 2.24) is 0 Å². The molecule has 0 spiro atoms. The van der Waals surface area contributed by atoms with E-state index in [1.165, 1.54) is 50.5 Å². The summed E-state index contributed by atoms with van der Waals surface area (Å²) in [7, 11) is 0. The lowest BCUT2D eigenvalue weighted by Crippen LogP contribution is -2.57. The highest BCUT2D eigenvalue weighted by Gasteiger charge is 2.61. The van der Waals surface area contributed by atoms with Crippen LogP contribution >= 0.6 is 0 Å². The van der Waals surface area contributed by atoms with E-state index in [1.54, 1.807) is 0 Å². The third kappa shape index (κ3) is 4.03. The molecule has 4 heteroatoms. The summed E-state index contributed by atoms with van der Waals surface area (Å²) in [6.45, 7) is 12.1. The number of hydrogen-bond acceptors (Lipinski definition) is 3. The summed E-state index contributed by atoms with van der Waals surface area (Å²) in [5.41, 5.74) is 7.04. The normalized spacial score (nSPS) is 44.3. The van der Waals surface area contributed by atoms with Gasteiger partial charge in [0.2, 0.25) is 0 Å². The first kappa shape index (κ1) is 24.1. The molecule has 4 aliphatic rings. The minimum atomic E-state index is -0.705. The molecule has 0 heterocycles. The number of aliphatic hydroxyl groups excluding tert-OH is 1. The minimum Gasteiger partial charge on any atom is -0.445 e. The Hall–Kier alpha value is -1.03. The van der Waals surface area contributed by atoms with Crippen molar-refractivity contribution in [2.45, 2.75) is 111 Å². The standard InChI is InChI=1S/C28H47NO3/c1-17(2)7-6-8-18(3)22-11-12-23-21-10-9-19-15-20(30)16-25(32-26(29)31)28(19,5)24(21)13-14-27(22,23)4/h9,17-18,20-25,30H,6-8,10-16H2,1-5H3,(H2,29,31)/t18-,20-,21+,22-,23+,24+,25?,27-,28+/m1/s1. The Morgan fingerprint density at radius 3 is 2.62 bits per heavy atom. The van der Waals surface area contributed by atoms with Gasteiger partial charge in [0.15, 0.2) is 0 Å². The van der Waals surface area contributed by atoms with Crippen LogP contribution in [0.2, 0.25) is 0 Å². The van der Waals surface area contributed by atoms with E-state index in [1.807, 2.05) is 0 Å². The van der Waals surface area contributed by atoms with Crippen LogP contribution in [0.5, 0.6) is 0 Å². The van der Waals surface area contributed by atoms with Gasteiger partial charge in [0.25, 0.3) is 0 Å². The number of hydrogen-bond donors (Lipinski definition) is 2. The van der Waals surface area contributed by atoms with Gasteiger partial charge in [-0.1, -0.05) is 65.5 Å². The highest BCUT2D eigenvalue weighted by Crippen LogP contribution is 2.67. The lowest BCUT2D eigenvalue weighted by atomic mass is 9.46. The Balaban J connectivity index is 1.55. The van der Waals surface area contributed by atoms with Gasteiger partial charge in [-0.25, -0.2) is 4.79 Å². The second-order valence-electron chi connectivity index (χ2n) is 12.7. The summed E-state index contributed by atoms with van der Waals surface area (Å²) in [6, 6.07) is 0. The van der Waals surface area contributed by atoms with E-state index in [0.29, 0.717) is 23.7 Å². The van der Waals surface area contributed by atoms with Crippen LogP contribution in [-0.4, -0.2) is 23.4 Å². The van der Waals surface area contributed by atoms with Crippen molar-refractivity contribution >= 4 is 6.09 Å². The maximum atomic E-state index is 11.7. The van der Waals surface area contributed by atoms with Gasteiger partial charge >= 0.3 is 6.09 Å². The zero-order chi connectivity index (χ0) is 23.3. The fourth-order valence-corrected chi connectivity index (χ4v) is 9.01.